The van der Waals surface area contributed by atoms with Crippen molar-refractivity contribution in [1.29, 1.82) is 0 Å². The first-order valence-corrected chi connectivity index (χ1v) is 6.39. The molecule has 1 aromatic carbocycles. The van der Waals surface area contributed by atoms with E-state index < -0.39 is 30.3 Å². The van der Waals surface area contributed by atoms with Gasteiger partial charge in [0.2, 0.25) is 0 Å². The third-order valence-electron chi connectivity index (χ3n) is 3.39. The topological polar surface area (TPSA) is 38.8 Å². The Labute approximate surface area is 126 Å². The minimum absolute atomic E-state index is 0.0163. The Kier molecular flexibility index (Phi) is 4.47. The average molecular weight is 343 g/mol. The Balaban J connectivity index is 1.94. The first-order chi connectivity index (χ1) is 10.5. The number of hydroxylamine groups is 2. The Bertz CT molecular complexity index is 569. The molecule has 0 aromatic heterocycles. The van der Waals surface area contributed by atoms with Gasteiger partial charge in [-0.1, -0.05) is 12.1 Å². The van der Waals surface area contributed by atoms with Gasteiger partial charge in [0, 0.05) is 12.5 Å². The van der Waals surface area contributed by atoms with Crippen LogP contribution < -0.4 is 4.74 Å². The maximum Gasteiger partial charge on any atom is 0.573 e. The minimum Gasteiger partial charge on any atom is -0.406 e. The summed E-state index contributed by atoms with van der Waals surface area (Å²) < 4.78 is 76.1. The number of hydrogen-bond acceptors (Lipinski definition) is 4. The number of hydrogen-bond donors (Lipinski definition) is 0. The fourth-order valence-electron chi connectivity index (χ4n) is 2.15. The van der Waals surface area contributed by atoms with Gasteiger partial charge in [-0.3, -0.25) is 0 Å². The van der Waals surface area contributed by atoms with Gasteiger partial charge in [0.15, 0.2) is 0 Å². The maximum absolute atomic E-state index is 12.1. The van der Waals surface area contributed by atoms with Gasteiger partial charge in [0.05, 0.1) is 6.04 Å². The van der Waals surface area contributed by atoms with Crippen LogP contribution in [0.5, 0.6) is 5.75 Å². The molecule has 23 heavy (non-hydrogen) atoms. The van der Waals surface area contributed by atoms with Crippen LogP contribution in [0.2, 0.25) is 0 Å². The summed E-state index contributed by atoms with van der Waals surface area (Å²) in [5.41, 5.74) is 0.603. The van der Waals surface area contributed by atoms with Crippen LogP contribution in [-0.2, 0) is 9.63 Å². The lowest BCUT2D eigenvalue weighted by molar-refractivity contribution is -0.274. The van der Waals surface area contributed by atoms with Crippen molar-refractivity contribution in [1.82, 2.24) is 5.06 Å². The van der Waals surface area contributed by atoms with Crippen LogP contribution in [0.15, 0.2) is 24.3 Å². The molecule has 0 aliphatic carbocycles. The van der Waals surface area contributed by atoms with Gasteiger partial charge in [0.1, 0.15) is 5.75 Å². The van der Waals surface area contributed by atoms with Crippen LogP contribution in [0, 0.1) is 0 Å². The van der Waals surface area contributed by atoms with Crippen molar-refractivity contribution in [2.75, 3.05) is 6.54 Å². The molecule has 0 bridgehead atoms. The van der Waals surface area contributed by atoms with Crippen molar-refractivity contribution in [3.63, 3.8) is 0 Å². The number of nitrogens with zero attached hydrogens (tertiary/aromatic N) is 1. The third kappa shape index (κ3) is 4.27. The molecule has 0 spiro atoms. The quantitative estimate of drug-likeness (QED) is 0.789. The molecule has 0 amide bonds. The van der Waals surface area contributed by atoms with Crippen LogP contribution >= 0.6 is 0 Å². The van der Waals surface area contributed by atoms with E-state index in [1.54, 1.807) is 0 Å². The monoisotopic (exact) mass is 343 g/mol. The molecule has 2 unspecified atom stereocenters. The Morgan fingerprint density at radius 3 is 2.13 bits per heavy atom. The molecule has 128 valence electrons. The Morgan fingerprint density at radius 1 is 1.13 bits per heavy atom. The fraction of sp³-hybridized carbons (Fsp3) is 0.462. The first kappa shape index (κ1) is 17.4. The van der Waals surface area contributed by atoms with Gasteiger partial charge in [-0.25, -0.2) is 4.79 Å². The molecule has 1 saturated heterocycles. The van der Waals surface area contributed by atoms with Crippen LogP contribution in [0.4, 0.5) is 26.3 Å². The summed E-state index contributed by atoms with van der Waals surface area (Å²) in [5.74, 6) is -2.97. The average Bonchev–Trinajstić information content (AvgIpc) is 2.41. The lowest BCUT2D eigenvalue weighted by atomic mass is 9.85. The smallest absolute Gasteiger partial charge is 0.406 e. The first-order valence-electron chi connectivity index (χ1n) is 6.39. The normalized spacial score (nSPS) is 22.4. The maximum atomic E-state index is 12.1. The van der Waals surface area contributed by atoms with Crippen LogP contribution in [0.3, 0.4) is 0 Å². The van der Waals surface area contributed by atoms with Gasteiger partial charge in [-0.2, -0.15) is 13.2 Å². The molecule has 1 fully saturated rings. The van der Waals surface area contributed by atoms with Gasteiger partial charge in [-0.15, -0.1) is 18.2 Å². The zero-order valence-electron chi connectivity index (χ0n) is 11.6. The summed E-state index contributed by atoms with van der Waals surface area (Å²) in [6, 6.07) is 4.45. The number of alkyl halides is 6. The van der Waals surface area contributed by atoms with Crippen molar-refractivity contribution in [2.45, 2.75) is 31.4 Å². The second-order valence-corrected chi connectivity index (χ2v) is 4.94. The van der Waals surface area contributed by atoms with Gasteiger partial charge >= 0.3 is 18.5 Å². The summed E-state index contributed by atoms with van der Waals surface area (Å²) >= 11 is 0. The number of rotatable bonds is 3. The standard InChI is InChI=1S/C13H11F6NO3/c1-7-10(6-20(7)23-11(21)12(14,15)16)8-2-4-9(5-3-8)22-13(17,18)19/h2-5,7,10H,6H2,1H3. The molecule has 1 aliphatic heterocycles. The molecule has 2 atom stereocenters. The summed E-state index contributed by atoms with van der Waals surface area (Å²) in [7, 11) is 0. The van der Waals surface area contributed by atoms with Crippen molar-refractivity contribution in [3.8, 4) is 5.75 Å². The van der Waals surface area contributed by atoms with Gasteiger partial charge in [0.25, 0.3) is 0 Å². The number of halogens is 6. The minimum atomic E-state index is -5.08. The number of carbonyl (C=O) groups excluding carboxylic acids is 1. The predicted octanol–water partition coefficient (Wildman–Crippen LogP) is 3.39. The van der Waals surface area contributed by atoms with Gasteiger partial charge in [-0.05, 0) is 24.6 Å². The number of benzene rings is 1. The molecule has 0 N–H and O–H groups in total. The van der Waals surface area contributed by atoms with Crippen molar-refractivity contribution in [3.05, 3.63) is 29.8 Å². The lowest BCUT2D eigenvalue weighted by Gasteiger charge is -2.44. The number of carbonyl (C=O) groups is 1. The summed E-state index contributed by atoms with van der Waals surface area (Å²) in [4.78, 5) is 14.9. The highest BCUT2D eigenvalue weighted by Gasteiger charge is 2.47. The van der Waals surface area contributed by atoms with E-state index in [1.807, 2.05) is 0 Å². The van der Waals surface area contributed by atoms with E-state index in [4.69, 9.17) is 0 Å². The molecule has 0 radical (unpaired) electrons. The van der Waals surface area contributed by atoms with E-state index >= 15 is 0 Å². The molecule has 0 saturated carbocycles. The Morgan fingerprint density at radius 2 is 1.70 bits per heavy atom. The van der Waals surface area contributed by atoms with E-state index in [-0.39, 0.29) is 12.5 Å². The van der Waals surface area contributed by atoms with E-state index in [1.165, 1.54) is 19.1 Å². The lowest BCUT2D eigenvalue weighted by Crippen LogP contribution is -2.54. The third-order valence-corrected chi connectivity index (χ3v) is 3.39. The SMILES string of the molecule is CC1C(c2ccc(OC(F)(F)F)cc2)CN1OC(=O)C(F)(F)F. The largest absolute Gasteiger partial charge is 0.573 e. The fourth-order valence-corrected chi connectivity index (χ4v) is 2.15. The van der Waals surface area contributed by atoms with E-state index in [0.29, 0.717) is 5.56 Å². The number of ether oxygens (including phenoxy) is 1. The zero-order valence-corrected chi connectivity index (χ0v) is 11.6. The molecule has 2 rings (SSSR count). The van der Waals surface area contributed by atoms with E-state index in [2.05, 4.69) is 9.57 Å². The summed E-state index contributed by atoms with van der Waals surface area (Å²) in [6.07, 6.45) is -9.88. The molecular weight excluding hydrogens is 332 g/mol. The highest BCUT2D eigenvalue weighted by molar-refractivity contribution is 5.75. The van der Waals surface area contributed by atoms with Crippen LogP contribution in [0.1, 0.15) is 18.4 Å². The van der Waals surface area contributed by atoms with Gasteiger partial charge < -0.3 is 9.57 Å². The highest BCUT2D eigenvalue weighted by Crippen LogP contribution is 2.36. The van der Waals surface area contributed by atoms with Crippen LogP contribution in [-0.4, -0.2) is 36.2 Å². The van der Waals surface area contributed by atoms with Crippen molar-refractivity contribution in [2.24, 2.45) is 0 Å². The molecule has 10 heteroatoms. The molecular formula is C13H11F6NO3. The van der Waals surface area contributed by atoms with E-state index in [9.17, 15) is 31.1 Å². The van der Waals surface area contributed by atoms with E-state index in [0.717, 1.165) is 17.2 Å². The predicted molar refractivity (Wildman–Crippen MR) is 64.2 cm³/mol. The Hall–Kier alpha value is -1.97. The molecule has 1 aliphatic rings. The highest BCUT2D eigenvalue weighted by atomic mass is 19.4. The second-order valence-electron chi connectivity index (χ2n) is 4.94. The molecule has 1 aromatic rings. The van der Waals surface area contributed by atoms with Crippen LogP contribution in [0.25, 0.3) is 0 Å². The van der Waals surface area contributed by atoms with Crippen molar-refractivity contribution < 1.29 is 40.7 Å². The summed E-state index contributed by atoms with van der Waals surface area (Å²) in [5, 5.41) is 0.876. The molecule has 4 nitrogen and oxygen atoms in total. The zero-order chi connectivity index (χ0) is 17.4. The van der Waals surface area contributed by atoms with Crippen molar-refractivity contribution >= 4 is 5.97 Å². The summed E-state index contributed by atoms with van der Waals surface area (Å²) in [6.45, 7) is 1.56. The second kappa shape index (κ2) is 5.91. The molecule has 1 heterocycles.